The molecule has 1 heteroatoms. The van der Waals surface area contributed by atoms with Gasteiger partial charge in [0.1, 0.15) is 0 Å². The predicted octanol–water partition coefficient (Wildman–Crippen LogP) is 12.4. The van der Waals surface area contributed by atoms with Crippen LogP contribution in [0.5, 0.6) is 0 Å². The summed E-state index contributed by atoms with van der Waals surface area (Å²) < 4.78 is 0. The number of aryl methyl sites for hydroxylation is 3. The third-order valence-electron chi connectivity index (χ3n) is 10.1. The molecule has 0 radical (unpaired) electrons. The summed E-state index contributed by atoms with van der Waals surface area (Å²) in [5.41, 5.74) is 13.5. The molecule has 0 heterocycles. The second-order valence-corrected chi connectivity index (χ2v) is 14.3. The molecule has 0 fully saturated rings. The highest BCUT2D eigenvalue weighted by atomic mass is 15.1. The molecule has 6 aromatic carbocycles. The van der Waals surface area contributed by atoms with E-state index >= 15 is 0 Å². The molecule has 220 valence electrons. The molecule has 0 aliphatic heterocycles. The predicted molar refractivity (Wildman–Crippen MR) is 191 cm³/mol. The minimum Gasteiger partial charge on any atom is -0.309 e. The van der Waals surface area contributed by atoms with E-state index in [4.69, 9.17) is 0 Å². The number of nitrogens with zero attached hydrogens (tertiary/aromatic N) is 1. The van der Waals surface area contributed by atoms with Crippen LogP contribution in [0.2, 0.25) is 0 Å². The molecule has 44 heavy (non-hydrogen) atoms. The first kappa shape index (κ1) is 28.4. The molecule has 0 unspecified atom stereocenters. The summed E-state index contributed by atoms with van der Waals surface area (Å²) >= 11 is 0. The van der Waals surface area contributed by atoms with Gasteiger partial charge in [-0.15, -0.1) is 0 Å². The largest absolute Gasteiger partial charge is 0.309 e. The Bertz CT molecular complexity index is 1920. The highest BCUT2D eigenvalue weighted by Gasteiger charge is 2.40. The average Bonchev–Trinajstić information content (AvgIpc) is 3.01. The van der Waals surface area contributed by atoms with Crippen LogP contribution in [-0.4, -0.2) is 0 Å². The quantitative estimate of drug-likeness (QED) is 0.190. The minimum absolute atomic E-state index is 0.0862. The molecule has 0 spiro atoms. The summed E-state index contributed by atoms with van der Waals surface area (Å²) in [4.78, 5) is 2.46. The van der Waals surface area contributed by atoms with Crippen LogP contribution in [0.15, 0.2) is 109 Å². The van der Waals surface area contributed by atoms with E-state index in [0.29, 0.717) is 0 Å². The smallest absolute Gasteiger partial charge is 0.0618 e. The summed E-state index contributed by atoms with van der Waals surface area (Å²) in [6.07, 6.45) is 2.39. The van der Waals surface area contributed by atoms with Crippen molar-refractivity contribution >= 4 is 38.6 Å². The van der Waals surface area contributed by atoms with Gasteiger partial charge in [0.2, 0.25) is 0 Å². The minimum atomic E-state index is 0.0862. The standard InChI is InChI=1S/C43H43N/c1-28-16-21-31(22-17-28)44(32-23-18-29(2)19-24-32)41-35-14-10-8-12-33(35)38(34-13-9-11-15-36(34)41)37-25-20-30(3)39-40(37)43(6,7)27-26-42(39,4)5/h8-25H,26-27H2,1-7H3. The average molecular weight is 574 g/mol. The van der Waals surface area contributed by atoms with Gasteiger partial charge in [0, 0.05) is 22.1 Å². The molecular weight excluding hydrogens is 530 g/mol. The Morgan fingerprint density at radius 3 is 1.39 bits per heavy atom. The lowest BCUT2D eigenvalue weighted by Gasteiger charge is -2.44. The maximum Gasteiger partial charge on any atom is 0.0618 e. The van der Waals surface area contributed by atoms with E-state index in [9.17, 15) is 0 Å². The fraction of sp³-hybridized carbons (Fsp3) is 0.256. The molecule has 0 atom stereocenters. The van der Waals surface area contributed by atoms with E-state index in [1.165, 1.54) is 73.5 Å². The fourth-order valence-electron chi connectivity index (χ4n) is 7.80. The van der Waals surface area contributed by atoms with Gasteiger partial charge >= 0.3 is 0 Å². The van der Waals surface area contributed by atoms with Gasteiger partial charge < -0.3 is 4.90 Å². The summed E-state index contributed by atoms with van der Waals surface area (Å²) in [6, 6.07) is 40.9. The molecule has 0 saturated carbocycles. The Balaban J connectivity index is 1.63. The van der Waals surface area contributed by atoms with Gasteiger partial charge in [-0.05, 0) is 107 Å². The van der Waals surface area contributed by atoms with Gasteiger partial charge in [0.25, 0.3) is 0 Å². The second-order valence-electron chi connectivity index (χ2n) is 14.3. The van der Waals surface area contributed by atoms with Crippen LogP contribution >= 0.6 is 0 Å². The van der Waals surface area contributed by atoms with Crippen molar-refractivity contribution in [2.45, 2.75) is 72.1 Å². The van der Waals surface area contributed by atoms with E-state index in [0.717, 1.165) is 11.4 Å². The summed E-state index contributed by atoms with van der Waals surface area (Å²) in [5.74, 6) is 0. The van der Waals surface area contributed by atoms with E-state index in [2.05, 4.69) is 163 Å². The number of hydrogen-bond acceptors (Lipinski definition) is 1. The van der Waals surface area contributed by atoms with Crippen LogP contribution < -0.4 is 4.90 Å². The Morgan fingerprint density at radius 1 is 0.477 bits per heavy atom. The zero-order valence-corrected chi connectivity index (χ0v) is 27.3. The molecule has 0 N–H and O–H groups in total. The zero-order chi connectivity index (χ0) is 30.8. The number of benzene rings is 6. The van der Waals surface area contributed by atoms with Gasteiger partial charge in [0.15, 0.2) is 0 Å². The van der Waals surface area contributed by atoms with E-state index < -0.39 is 0 Å². The highest BCUT2D eigenvalue weighted by molar-refractivity contribution is 6.22. The van der Waals surface area contributed by atoms with Crippen molar-refractivity contribution < 1.29 is 0 Å². The van der Waals surface area contributed by atoms with Gasteiger partial charge in [-0.1, -0.05) is 124 Å². The first-order valence-corrected chi connectivity index (χ1v) is 16.1. The van der Waals surface area contributed by atoms with Gasteiger partial charge in [-0.25, -0.2) is 0 Å². The number of rotatable bonds is 4. The van der Waals surface area contributed by atoms with Crippen molar-refractivity contribution in [3.05, 3.63) is 137 Å². The van der Waals surface area contributed by atoms with Crippen LogP contribution in [0.3, 0.4) is 0 Å². The van der Waals surface area contributed by atoms with Crippen molar-refractivity contribution in [2.75, 3.05) is 4.90 Å². The first-order chi connectivity index (χ1) is 21.1. The number of fused-ring (bicyclic) bond motifs is 3. The molecule has 0 aromatic heterocycles. The zero-order valence-electron chi connectivity index (χ0n) is 27.3. The lowest BCUT2D eigenvalue weighted by molar-refractivity contribution is 0.331. The maximum atomic E-state index is 2.46. The molecular formula is C43H43N. The third kappa shape index (κ3) is 4.53. The Labute approximate surface area is 263 Å². The SMILES string of the molecule is Cc1ccc(N(c2ccc(C)cc2)c2c3ccccc3c(-c3ccc(C)c4c3C(C)(C)CCC4(C)C)c3ccccc23)cc1. The van der Waals surface area contributed by atoms with Crippen molar-refractivity contribution in [3.63, 3.8) is 0 Å². The third-order valence-corrected chi connectivity index (χ3v) is 10.1. The highest BCUT2D eigenvalue weighted by Crippen LogP contribution is 2.54. The van der Waals surface area contributed by atoms with Gasteiger partial charge in [-0.2, -0.15) is 0 Å². The van der Waals surface area contributed by atoms with Crippen molar-refractivity contribution in [2.24, 2.45) is 0 Å². The molecule has 7 rings (SSSR count). The van der Waals surface area contributed by atoms with Crippen molar-refractivity contribution in [3.8, 4) is 11.1 Å². The van der Waals surface area contributed by atoms with Crippen LogP contribution in [0.4, 0.5) is 17.1 Å². The van der Waals surface area contributed by atoms with E-state index in [1.54, 1.807) is 5.56 Å². The molecule has 0 amide bonds. The monoisotopic (exact) mass is 573 g/mol. The molecule has 6 aromatic rings. The molecule has 0 saturated heterocycles. The summed E-state index contributed by atoms with van der Waals surface area (Å²) in [6.45, 7) is 16.4. The molecule has 0 bridgehead atoms. The van der Waals surface area contributed by atoms with Crippen molar-refractivity contribution in [1.29, 1.82) is 0 Å². The molecule has 1 aliphatic rings. The van der Waals surface area contributed by atoms with Crippen LogP contribution in [0.25, 0.3) is 32.7 Å². The Hall–Kier alpha value is -4.36. The van der Waals surface area contributed by atoms with Crippen LogP contribution in [0.1, 0.15) is 68.4 Å². The summed E-state index contributed by atoms with van der Waals surface area (Å²) in [5, 5.41) is 5.14. The number of anilines is 3. The lowest BCUT2D eigenvalue weighted by atomic mass is 9.60. The maximum absolute atomic E-state index is 2.46. The second kappa shape index (κ2) is 10.4. The van der Waals surface area contributed by atoms with Crippen LogP contribution in [-0.2, 0) is 10.8 Å². The fourth-order valence-corrected chi connectivity index (χ4v) is 7.80. The Kier molecular flexibility index (Phi) is 6.70. The van der Waals surface area contributed by atoms with Gasteiger partial charge in [0.05, 0.1) is 5.69 Å². The summed E-state index contributed by atoms with van der Waals surface area (Å²) in [7, 11) is 0. The topological polar surface area (TPSA) is 3.24 Å². The Morgan fingerprint density at radius 2 is 0.909 bits per heavy atom. The first-order valence-electron chi connectivity index (χ1n) is 16.1. The molecule has 1 aliphatic carbocycles. The van der Waals surface area contributed by atoms with E-state index in [1.807, 2.05) is 0 Å². The van der Waals surface area contributed by atoms with Gasteiger partial charge in [-0.3, -0.25) is 0 Å². The van der Waals surface area contributed by atoms with E-state index in [-0.39, 0.29) is 10.8 Å². The number of hydrogen-bond donors (Lipinski definition) is 0. The normalized spacial score (nSPS) is 15.3. The van der Waals surface area contributed by atoms with Crippen LogP contribution in [0, 0.1) is 20.8 Å². The molecule has 1 nitrogen and oxygen atoms in total. The lowest BCUT2D eigenvalue weighted by Crippen LogP contribution is -2.35. The van der Waals surface area contributed by atoms with Crippen molar-refractivity contribution in [1.82, 2.24) is 0 Å².